The van der Waals surface area contributed by atoms with E-state index >= 15 is 0 Å². The number of hydrogen-bond acceptors (Lipinski definition) is 3. The van der Waals surface area contributed by atoms with Crippen LogP contribution in [0.25, 0.3) is 5.69 Å². The van der Waals surface area contributed by atoms with Gasteiger partial charge in [-0.3, -0.25) is 4.99 Å². The molecule has 6 heteroatoms. The van der Waals surface area contributed by atoms with Gasteiger partial charge in [-0.15, -0.1) is 0 Å². The molecule has 0 atom stereocenters. The molecule has 27 heavy (non-hydrogen) atoms. The van der Waals surface area contributed by atoms with Gasteiger partial charge < -0.3 is 15.4 Å². The Balaban J connectivity index is 1.36. The van der Waals surface area contributed by atoms with Crippen molar-refractivity contribution in [3.63, 3.8) is 0 Å². The van der Waals surface area contributed by atoms with Crippen LogP contribution in [0.1, 0.15) is 31.7 Å². The van der Waals surface area contributed by atoms with Crippen molar-refractivity contribution in [2.24, 2.45) is 10.9 Å². The van der Waals surface area contributed by atoms with E-state index in [2.05, 4.69) is 51.9 Å². The lowest BCUT2D eigenvalue weighted by Gasteiger charge is -2.11. The number of nitrogens with one attached hydrogen (secondary N) is 2. The van der Waals surface area contributed by atoms with Gasteiger partial charge in [-0.1, -0.05) is 12.1 Å². The smallest absolute Gasteiger partial charge is 0.191 e. The first-order chi connectivity index (χ1) is 13.3. The molecule has 0 unspecified atom stereocenters. The highest BCUT2D eigenvalue weighted by molar-refractivity contribution is 5.79. The first-order valence-corrected chi connectivity index (χ1v) is 10.0. The summed E-state index contributed by atoms with van der Waals surface area (Å²) in [6, 6.07) is 10.4. The Hall–Kier alpha value is -2.34. The molecule has 1 heterocycles. The molecule has 1 fully saturated rings. The maximum absolute atomic E-state index is 5.66. The fraction of sp³-hybridized carbons (Fsp3) is 0.524. The summed E-state index contributed by atoms with van der Waals surface area (Å²) < 4.78 is 7.53. The monoisotopic (exact) mass is 369 g/mol. The van der Waals surface area contributed by atoms with Gasteiger partial charge in [0.1, 0.15) is 0 Å². The lowest BCUT2D eigenvalue weighted by molar-refractivity contribution is 0.123. The Labute approximate surface area is 162 Å². The average molecular weight is 370 g/mol. The Kier molecular flexibility index (Phi) is 7.71. The van der Waals surface area contributed by atoms with Crippen molar-refractivity contribution in [2.45, 2.75) is 32.6 Å². The molecule has 3 rings (SSSR count). The summed E-state index contributed by atoms with van der Waals surface area (Å²) in [5, 5.41) is 11.0. The summed E-state index contributed by atoms with van der Waals surface area (Å²) in [5.41, 5.74) is 2.37. The highest BCUT2D eigenvalue weighted by Gasteiger charge is 2.20. The second-order valence-corrected chi connectivity index (χ2v) is 6.93. The number of benzene rings is 1. The van der Waals surface area contributed by atoms with E-state index in [1.807, 2.05) is 16.9 Å². The molecule has 1 aromatic carbocycles. The molecule has 2 N–H and O–H groups in total. The fourth-order valence-corrected chi connectivity index (χ4v) is 2.80. The van der Waals surface area contributed by atoms with E-state index in [0.29, 0.717) is 0 Å². The molecule has 0 saturated heterocycles. The first-order valence-electron chi connectivity index (χ1n) is 10.0. The van der Waals surface area contributed by atoms with E-state index in [4.69, 9.17) is 4.74 Å². The van der Waals surface area contributed by atoms with E-state index in [1.165, 1.54) is 18.4 Å². The van der Waals surface area contributed by atoms with Gasteiger partial charge >= 0.3 is 0 Å². The quantitative estimate of drug-likeness (QED) is 0.363. The third kappa shape index (κ3) is 7.06. The molecule has 0 bridgehead atoms. The SMILES string of the molecule is CCNC(=NCCCOCC1CC1)NCCc1ccc(-n2cccn2)cc1. The molecular weight excluding hydrogens is 338 g/mol. The van der Waals surface area contributed by atoms with Crippen LogP contribution in [0.15, 0.2) is 47.7 Å². The van der Waals surface area contributed by atoms with Crippen molar-refractivity contribution in [3.05, 3.63) is 48.3 Å². The highest BCUT2D eigenvalue weighted by atomic mass is 16.5. The number of ether oxygens (including phenoxy) is 1. The van der Waals surface area contributed by atoms with Crippen molar-refractivity contribution in [3.8, 4) is 5.69 Å². The molecule has 1 aromatic heterocycles. The van der Waals surface area contributed by atoms with Gasteiger partial charge in [0.2, 0.25) is 0 Å². The van der Waals surface area contributed by atoms with Crippen LogP contribution in [-0.4, -0.2) is 48.6 Å². The zero-order valence-corrected chi connectivity index (χ0v) is 16.2. The fourth-order valence-electron chi connectivity index (χ4n) is 2.80. The van der Waals surface area contributed by atoms with Gasteiger partial charge in [0, 0.05) is 45.2 Å². The largest absolute Gasteiger partial charge is 0.381 e. The molecule has 0 spiro atoms. The third-order valence-electron chi connectivity index (χ3n) is 4.52. The minimum absolute atomic E-state index is 0.790. The maximum Gasteiger partial charge on any atom is 0.191 e. The van der Waals surface area contributed by atoms with Crippen LogP contribution in [0.5, 0.6) is 0 Å². The summed E-state index contributed by atoms with van der Waals surface area (Å²) in [6.45, 7) is 6.33. The normalized spacial score (nSPS) is 14.3. The van der Waals surface area contributed by atoms with Crippen LogP contribution >= 0.6 is 0 Å². The minimum atomic E-state index is 0.790. The standard InChI is InChI=1S/C21H31N5O/c1-2-22-21(23-12-4-16-27-17-19-5-6-19)24-14-11-18-7-9-20(10-8-18)26-15-3-13-25-26/h3,7-10,13,15,19H,2,4-6,11-12,14,16-17H2,1H3,(H2,22,23,24). The number of nitrogens with zero attached hydrogens (tertiary/aromatic N) is 3. The van der Waals surface area contributed by atoms with Gasteiger partial charge in [0.05, 0.1) is 5.69 Å². The number of aliphatic imine (C=N–C) groups is 1. The van der Waals surface area contributed by atoms with Crippen molar-refractivity contribution in [2.75, 3.05) is 32.8 Å². The van der Waals surface area contributed by atoms with Gasteiger partial charge in [-0.25, -0.2) is 4.68 Å². The molecule has 0 aliphatic heterocycles. The third-order valence-corrected chi connectivity index (χ3v) is 4.52. The molecule has 2 aromatic rings. The van der Waals surface area contributed by atoms with Crippen LogP contribution in [0.2, 0.25) is 0 Å². The van der Waals surface area contributed by atoms with Crippen LogP contribution in [0, 0.1) is 5.92 Å². The minimum Gasteiger partial charge on any atom is -0.381 e. The predicted molar refractivity (Wildman–Crippen MR) is 109 cm³/mol. The topological polar surface area (TPSA) is 63.5 Å². The first kappa shape index (κ1) is 19.4. The molecule has 1 aliphatic rings. The summed E-state index contributed by atoms with van der Waals surface area (Å²) >= 11 is 0. The van der Waals surface area contributed by atoms with Crippen LogP contribution < -0.4 is 10.6 Å². The average Bonchev–Trinajstić information content (AvgIpc) is 3.35. The zero-order chi connectivity index (χ0) is 18.7. The predicted octanol–water partition coefficient (Wildman–Crippen LogP) is 2.79. The van der Waals surface area contributed by atoms with Crippen molar-refractivity contribution in [1.29, 1.82) is 0 Å². The van der Waals surface area contributed by atoms with Crippen LogP contribution in [0.3, 0.4) is 0 Å². The molecule has 1 saturated carbocycles. The van der Waals surface area contributed by atoms with E-state index in [1.54, 1.807) is 6.20 Å². The van der Waals surface area contributed by atoms with Crippen LogP contribution in [-0.2, 0) is 11.2 Å². The lowest BCUT2D eigenvalue weighted by Crippen LogP contribution is -2.38. The zero-order valence-electron chi connectivity index (χ0n) is 16.2. The van der Waals surface area contributed by atoms with Crippen molar-refractivity contribution >= 4 is 5.96 Å². The number of hydrogen-bond donors (Lipinski definition) is 2. The summed E-state index contributed by atoms with van der Waals surface area (Å²) in [5.74, 6) is 1.72. The van der Waals surface area contributed by atoms with E-state index in [9.17, 15) is 0 Å². The Morgan fingerprint density at radius 3 is 2.81 bits per heavy atom. The van der Waals surface area contributed by atoms with E-state index in [-0.39, 0.29) is 0 Å². The molecule has 0 amide bonds. The molecule has 6 nitrogen and oxygen atoms in total. The lowest BCUT2D eigenvalue weighted by atomic mass is 10.1. The van der Waals surface area contributed by atoms with Gasteiger partial charge in [-0.05, 0) is 62.3 Å². The Morgan fingerprint density at radius 1 is 1.26 bits per heavy atom. The summed E-state index contributed by atoms with van der Waals surface area (Å²) in [7, 11) is 0. The van der Waals surface area contributed by atoms with E-state index in [0.717, 1.165) is 63.3 Å². The number of guanidine groups is 1. The number of rotatable bonds is 11. The summed E-state index contributed by atoms with van der Waals surface area (Å²) in [4.78, 5) is 4.63. The molecule has 0 radical (unpaired) electrons. The van der Waals surface area contributed by atoms with Gasteiger partial charge in [0.15, 0.2) is 5.96 Å². The highest BCUT2D eigenvalue weighted by Crippen LogP contribution is 2.28. The maximum atomic E-state index is 5.66. The van der Waals surface area contributed by atoms with Gasteiger partial charge in [-0.2, -0.15) is 5.10 Å². The number of aromatic nitrogens is 2. The van der Waals surface area contributed by atoms with E-state index < -0.39 is 0 Å². The Bertz CT molecular complexity index is 677. The molecule has 1 aliphatic carbocycles. The molecule has 146 valence electrons. The second kappa shape index (κ2) is 10.7. The second-order valence-electron chi connectivity index (χ2n) is 6.93. The van der Waals surface area contributed by atoms with Crippen molar-refractivity contribution < 1.29 is 4.74 Å². The molecular formula is C21H31N5O. The van der Waals surface area contributed by atoms with Gasteiger partial charge in [0.25, 0.3) is 0 Å². The summed E-state index contributed by atoms with van der Waals surface area (Å²) in [6.07, 6.45) is 8.36. The van der Waals surface area contributed by atoms with Crippen molar-refractivity contribution in [1.82, 2.24) is 20.4 Å². The Morgan fingerprint density at radius 2 is 2.11 bits per heavy atom. The van der Waals surface area contributed by atoms with Crippen LogP contribution in [0.4, 0.5) is 0 Å².